The summed E-state index contributed by atoms with van der Waals surface area (Å²) in [6.45, 7) is 0.290. The molecule has 3 aromatic rings. The Morgan fingerprint density at radius 3 is 2.52 bits per heavy atom. The van der Waals surface area contributed by atoms with Gasteiger partial charge in [-0.1, -0.05) is 48.5 Å². The van der Waals surface area contributed by atoms with Gasteiger partial charge >= 0.3 is 0 Å². The van der Waals surface area contributed by atoms with Gasteiger partial charge in [-0.15, -0.1) is 0 Å². The lowest BCUT2D eigenvalue weighted by molar-refractivity contribution is -0.384. The third-order valence-corrected chi connectivity index (χ3v) is 3.88. The van der Waals surface area contributed by atoms with Crippen LogP contribution in [0, 0.1) is 10.1 Å². The number of pyridine rings is 1. The molecule has 0 bridgehead atoms. The zero-order valence-corrected chi connectivity index (χ0v) is 14.4. The van der Waals surface area contributed by atoms with Gasteiger partial charge in [-0.05, 0) is 29.3 Å². The van der Waals surface area contributed by atoms with Gasteiger partial charge in [0.25, 0.3) is 11.6 Å². The summed E-state index contributed by atoms with van der Waals surface area (Å²) in [7, 11) is 0. The van der Waals surface area contributed by atoms with E-state index in [0.717, 1.165) is 11.3 Å². The normalized spacial score (nSPS) is 11.0. The highest BCUT2D eigenvalue weighted by atomic mass is 16.6. The Bertz CT molecular complexity index is 970. The molecule has 0 saturated carbocycles. The van der Waals surface area contributed by atoms with Crippen molar-refractivity contribution in [3.05, 3.63) is 106 Å². The zero-order valence-electron chi connectivity index (χ0n) is 14.4. The van der Waals surface area contributed by atoms with E-state index < -0.39 is 4.92 Å². The molecule has 0 aliphatic rings. The van der Waals surface area contributed by atoms with Crippen LogP contribution in [0.15, 0.2) is 79.0 Å². The summed E-state index contributed by atoms with van der Waals surface area (Å²) in [5.74, 6) is -0.279. The molecule has 0 fully saturated rings. The molecule has 27 heavy (non-hydrogen) atoms. The molecule has 1 aromatic heterocycles. The number of benzene rings is 2. The van der Waals surface area contributed by atoms with E-state index in [-0.39, 0.29) is 11.6 Å². The maximum atomic E-state index is 12.8. The van der Waals surface area contributed by atoms with Crippen LogP contribution in [0.25, 0.3) is 11.6 Å². The molecule has 1 heterocycles. The van der Waals surface area contributed by atoms with Crippen molar-refractivity contribution in [3.8, 4) is 0 Å². The van der Waals surface area contributed by atoms with Crippen LogP contribution >= 0.6 is 0 Å². The number of hydrogen-bond acceptors (Lipinski definition) is 4. The number of rotatable bonds is 6. The standard InChI is InChI=1S/C21H17N3O3/c25-21(23-15-18-10-4-5-12-22-18)20(17-8-2-1-3-9-17)14-16-7-6-11-19(13-16)24(26)27/h1-14H,15H2,(H,23,25)/b20-14+. The number of non-ortho nitro benzene ring substituents is 1. The van der Waals surface area contributed by atoms with Gasteiger partial charge in [-0.25, -0.2) is 0 Å². The van der Waals surface area contributed by atoms with Gasteiger partial charge in [0.05, 0.1) is 17.2 Å². The quantitative estimate of drug-likeness (QED) is 0.313. The molecule has 0 atom stereocenters. The number of nitro benzene ring substituents is 1. The molecule has 3 rings (SSSR count). The summed E-state index contributed by atoms with van der Waals surface area (Å²) < 4.78 is 0. The van der Waals surface area contributed by atoms with Gasteiger partial charge in [0.1, 0.15) is 0 Å². The number of hydrogen-bond donors (Lipinski definition) is 1. The molecule has 0 aliphatic carbocycles. The van der Waals surface area contributed by atoms with Crippen LogP contribution in [0.2, 0.25) is 0 Å². The number of carbonyl (C=O) groups excluding carboxylic acids is 1. The highest BCUT2D eigenvalue weighted by Crippen LogP contribution is 2.21. The van der Waals surface area contributed by atoms with Crippen molar-refractivity contribution >= 4 is 23.2 Å². The second-order valence-corrected chi connectivity index (χ2v) is 5.78. The molecule has 0 spiro atoms. The van der Waals surface area contributed by atoms with Crippen molar-refractivity contribution in [2.75, 3.05) is 0 Å². The molecule has 0 unspecified atom stereocenters. The highest BCUT2D eigenvalue weighted by Gasteiger charge is 2.13. The fourth-order valence-corrected chi connectivity index (χ4v) is 2.56. The van der Waals surface area contributed by atoms with Crippen LogP contribution in [0.5, 0.6) is 0 Å². The largest absolute Gasteiger partial charge is 0.346 e. The second-order valence-electron chi connectivity index (χ2n) is 5.78. The van der Waals surface area contributed by atoms with Crippen LogP contribution in [-0.4, -0.2) is 15.8 Å². The summed E-state index contributed by atoms with van der Waals surface area (Å²) in [6, 6.07) is 20.8. The van der Waals surface area contributed by atoms with E-state index in [1.54, 1.807) is 24.4 Å². The van der Waals surface area contributed by atoms with E-state index >= 15 is 0 Å². The van der Waals surface area contributed by atoms with Crippen LogP contribution in [0.1, 0.15) is 16.8 Å². The maximum Gasteiger partial charge on any atom is 0.270 e. The lowest BCUT2D eigenvalue weighted by Gasteiger charge is -2.10. The Morgan fingerprint density at radius 1 is 1.04 bits per heavy atom. The van der Waals surface area contributed by atoms with Gasteiger partial charge in [0, 0.05) is 23.9 Å². The van der Waals surface area contributed by atoms with Crippen molar-refractivity contribution in [2.24, 2.45) is 0 Å². The van der Waals surface area contributed by atoms with Crippen LogP contribution < -0.4 is 5.32 Å². The first kappa shape index (κ1) is 18.0. The Kier molecular flexibility index (Phi) is 5.69. The average Bonchev–Trinajstić information content (AvgIpc) is 2.72. The van der Waals surface area contributed by atoms with E-state index in [4.69, 9.17) is 0 Å². The smallest absolute Gasteiger partial charge is 0.270 e. The first-order valence-corrected chi connectivity index (χ1v) is 8.33. The van der Waals surface area contributed by atoms with Gasteiger partial charge in [-0.3, -0.25) is 19.9 Å². The number of amides is 1. The number of nitro groups is 1. The predicted octanol–water partition coefficient (Wildman–Crippen LogP) is 3.85. The van der Waals surface area contributed by atoms with Crippen molar-refractivity contribution < 1.29 is 9.72 Å². The minimum absolute atomic E-state index is 0.0231. The van der Waals surface area contributed by atoms with Gasteiger partial charge in [0.2, 0.25) is 0 Å². The highest BCUT2D eigenvalue weighted by molar-refractivity contribution is 6.24. The van der Waals surface area contributed by atoms with Gasteiger partial charge < -0.3 is 5.32 Å². The molecular weight excluding hydrogens is 342 g/mol. The molecule has 0 aliphatic heterocycles. The summed E-state index contributed by atoms with van der Waals surface area (Å²) in [6.07, 6.45) is 3.31. The number of nitrogens with zero attached hydrogens (tertiary/aromatic N) is 2. The SMILES string of the molecule is O=C(NCc1ccccn1)/C(=C/c1cccc([N+](=O)[O-])c1)c1ccccc1. The Balaban J connectivity index is 1.90. The number of aromatic nitrogens is 1. The minimum Gasteiger partial charge on any atom is -0.346 e. The fourth-order valence-electron chi connectivity index (χ4n) is 2.56. The third kappa shape index (κ3) is 4.85. The van der Waals surface area contributed by atoms with E-state index in [1.807, 2.05) is 48.5 Å². The monoisotopic (exact) mass is 359 g/mol. The maximum absolute atomic E-state index is 12.8. The van der Waals surface area contributed by atoms with Gasteiger partial charge in [0.15, 0.2) is 0 Å². The Labute approximate surface area is 156 Å². The summed E-state index contributed by atoms with van der Waals surface area (Å²) in [5.41, 5.74) is 2.45. The first-order valence-electron chi connectivity index (χ1n) is 8.33. The molecule has 1 N–H and O–H groups in total. The fraction of sp³-hybridized carbons (Fsp3) is 0.0476. The van der Waals surface area contributed by atoms with E-state index in [1.165, 1.54) is 12.1 Å². The minimum atomic E-state index is -0.458. The molecule has 6 nitrogen and oxygen atoms in total. The Hall–Kier alpha value is -3.80. The first-order chi connectivity index (χ1) is 13.1. The van der Waals surface area contributed by atoms with Crippen LogP contribution in [0.4, 0.5) is 5.69 Å². The lowest BCUT2D eigenvalue weighted by Crippen LogP contribution is -2.24. The summed E-state index contributed by atoms with van der Waals surface area (Å²) in [4.78, 5) is 27.5. The summed E-state index contributed by atoms with van der Waals surface area (Å²) >= 11 is 0. The summed E-state index contributed by atoms with van der Waals surface area (Å²) in [5, 5.41) is 13.9. The van der Waals surface area contributed by atoms with Crippen LogP contribution in [0.3, 0.4) is 0 Å². The van der Waals surface area contributed by atoms with E-state index in [2.05, 4.69) is 10.3 Å². The molecule has 2 aromatic carbocycles. The molecule has 0 saturated heterocycles. The van der Waals surface area contributed by atoms with Crippen molar-refractivity contribution in [2.45, 2.75) is 6.54 Å². The number of carbonyl (C=O) groups is 1. The van der Waals surface area contributed by atoms with Crippen molar-refractivity contribution in [3.63, 3.8) is 0 Å². The van der Waals surface area contributed by atoms with Crippen molar-refractivity contribution in [1.29, 1.82) is 0 Å². The molecular formula is C21H17N3O3. The predicted molar refractivity (Wildman–Crippen MR) is 103 cm³/mol. The zero-order chi connectivity index (χ0) is 19.1. The van der Waals surface area contributed by atoms with E-state index in [0.29, 0.717) is 17.7 Å². The third-order valence-electron chi connectivity index (χ3n) is 3.88. The topological polar surface area (TPSA) is 85.1 Å². The number of nitrogens with one attached hydrogen (secondary N) is 1. The molecule has 134 valence electrons. The van der Waals surface area contributed by atoms with Crippen molar-refractivity contribution in [1.82, 2.24) is 10.3 Å². The van der Waals surface area contributed by atoms with E-state index in [9.17, 15) is 14.9 Å². The molecule has 6 heteroatoms. The van der Waals surface area contributed by atoms with Crippen LogP contribution in [-0.2, 0) is 11.3 Å². The van der Waals surface area contributed by atoms with Gasteiger partial charge in [-0.2, -0.15) is 0 Å². The molecule has 0 radical (unpaired) electrons. The Morgan fingerprint density at radius 2 is 1.81 bits per heavy atom. The second kappa shape index (κ2) is 8.53. The average molecular weight is 359 g/mol. The molecule has 1 amide bonds. The lowest BCUT2D eigenvalue weighted by atomic mass is 10.0.